The predicted molar refractivity (Wildman–Crippen MR) is 178 cm³/mol. The molecule has 3 aromatic rings. The summed E-state index contributed by atoms with van der Waals surface area (Å²) in [6.45, 7) is 0. The Balaban J connectivity index is 1.20. The summed E-state index contributed by atoms with van der Waals surface area (Å²) >= 11 is 0. The van der Waals surface area contributed by atoms with Crippen LogP contribution in [0.4, 0.5) is 0 Å². The Labute approximate surface area is 273 Å². The topological polar surface area (TPSA) is 97.7 Å². The fourth-order valence-corrected chi connectivity index (χ4v) is 14.1. The van der Waals surface area contributed by atoms with Gasteiger partial charge in [-0.3, -0.25) is 4.55 Å². The van der Waals surface area contributed by atoms with Crippen molar-refractivity contribution in [2.45, 2.75) is 105 Å². The Morgan fingerprint density at radius 3 is 1.61 bits per heavy atom. The molecule has 8 heteroatoms. The fraction of sp³-hybridized carbons (Fsp3) is 0.579. The fourth-order valence-electron chi connectivity index (χ4n) is 11.5. The molecular formula is C38H44O6S2. The van der Waals surface area contributed by atoms with Crippen LogP contribution in [0.3, 0.4) is 0 Å². The highest BCUT2D eigenvalue weighted by atomic mass is 32.2. The van der Waals surface area contributed by atoms with E-state index in [2.05, 4.69) is 12.1 Å². The number of hydrogen-bond acceptors (Lipinski definition) is 5. The van der Waals surface area contributed by atoms with Crippen molar-refractivity contribution in [2.24, 2.45) is 35.5 Å². The van der Waals surface area contributed by atoms with Gasteiger partial charge in [0.05, 0.1) is 0 Å². The van der Waals surface area contributed by atoms with Gasteiger partial charge in [0.25, 0.3) is 20.2 Å². The van der Waals surface area contributed by atoms with E-state index in [1.807, 2.05) is 24.3 Å². The summed E-state index contributed by atoms with van der Waals surface area (Å²) in [6.07, 6.45) is 13.9. The van der Waals surface area contributed by atoms with Crippen LogP contribution in [0.25, 0.3) is 10.8 Å². The van der Waals surface area contributed by atoms with Crippen LogP contribution >= 0.6 is 0 Å². The zero-order valence-corrected chi connectivity index (χ0v) is 27.9. The number of hydrogen-bond donors (Lipinski definition) is 1. The second kappa shape index (κ2) is 10.9. The first-order valence-corrected chi connectivity index (χ1v) is 20.6. The van der Waals surface area contributed by atoms with Crippen LogP contribution in [-0.4, -0.2) is 21.4 Å². The minimum Gasteiger partial charge on any atom is -0.283 e. The molecule has 0 aliphatic heterocycles. The molecule has 0 saturated heterocycles. The lowest BCUT2D eigenvalue weighted by molar-refractivity contribution is 0.264. The molecule has 0 spiro atoms. The van der Waals surface area contributed by atoms with Gasteiger partial charge < -0.3 is 0 Å². The molecule has 6 aliphatic carbocycles. The number of rotatable bonds is 8. The first kappa shape index (κ1) is 29.8. The minimum atomic E-state index is -4.94. The van der Waals surface area contributed by atoms with Crippen LogP contribution in [0, 0.1) is 35.5 Å². The molecule has 46 heavy (non-hydrogen) atoms. The van der Waals surface area contributed by atoms with Gasteiger partial charge >= 0.3 is 0 Å². The van der Waals surface area contributed by atoms with E-state index in [0.29, 0.717) is 35.5 Å². The maximum Gasteiger partial charge on any atom is 0.299 e. The van der Waals surface area contributed by atoms with Crippen LogP contribution in [0.2, 0.25) is 0 Å². The molecule has 9 rings (SSSR count). The van der Waals surface area contributed by atoms with E-state index in [4.69, 9.17) is 4.18 Å². The Morgan fingerprint density at radius 1 is 0.609 bits per heavy atom. The van der Waals surface area contributed by atoms with Crippen molar-refractivity contribution < 1.29 is 25.6 Å². The summed E-state index contributed by atoms with van der Waals surface area (Å²) in [5.74, 6) is 4.30. The van der Waals surface area contributed by atoms with Crippen LogP contribution in [0.5, 0.6) is 0 Å². The summed E-state index contributed by atoms with van der Waals surface area (Å²) in [7, 11) is -9.54. The van der Waals surface area contributed by atoms with Gasteiger partial charge in [0.15, 0.2) is 0 Å². The van der Waals surface area contributed by atoms with Crippen molar-refractivity contribution >= 4 is 31.0 Å². The van der Waals surface area contributed by atoms with Crippen LogP contribution in [-0.2, 0) is 24.4 Å². The summed E-state index contributed by atoms with van der Waals surface area (Å²) < 4.78 is 71.9. The van der Waals surface area contributed by atoms with Gasteiger partial charge in [0, 0.05) is 5.56 Å². The smallest absolute Gasteiger partial charge is 0.283 e. The Hall–Kier alpha value is -2.26. The van der Waals surface area contributed by atoms with Crippen molar-refractivity contribution in [3.63, 3.8) is 0 Å². The standard InChI is InChI=1S/C38H44O6S2/c39-45(40,41)38(30-12-11-25-3-1-2-4-26(25)19-30)44-46(42,43)37-35(33-17-23-6-9-28(33)14-23)20-31(32-16-22-5-8-27(32)13-22)21-36(37)34-18-24-7-10-29(34)15-24/h1-4,11-12,19-24,27-29,32-34,38H,5-10,13-18H2,(H,39,40,41). The van der Waals surface area contributed by atoms with E-state index in [9.17, 15) is 21.4 Å². The van der Waals surface area contributed by atoms with Gasteiger partial charge in [-0.05, 0) is 145 Å². The molecule has 6 nitrogen and oxygen atoms in total. The van der Waals surface area contributed by atoms with E-state index in [-0.39, 0.29) is 22.3 Å². The molecule has 244 valence electrons. The van der Waals surface area contributed by atoms with Gasteiger partial charge in [0.1, 0.15) is 4.90 Å². The normalized spacial score (nSPS) is 35.5. The van der Waals surface area contributed by atoms with Crippen LogP contribution < -0.4 is 0 Å². The molecule has 0 aromatic heterocycles. The average Bonchev–Trinajstić information content (AvgIpc) is 3.91. The van der Waals surface area contributed by atoms with E-state index < -0.39 is 25.7 Å². The molecule has 6 bridgehead atoms. The highest BCUT2D eigenvalue weighted by molar-refractivity contribution is 7.89. The SMILES string of the molecule is O=S(=O)(OC(c1ccc2ccccc2c1)S(=O)(=O)O)c1c(C2CC3CCC2C3)cc(C2CC3CCC2C3)cc1C1CC2CCC1C2. The number of fused-ring (bicyclic) bond motifs is 7. The second-order valence-corrected chi connectivity index (χ2v) is 18.8. The third kappa shape index (κ3) is 5.00. The van der Waals surface area contributed by atoms with E-state index >= 15 is 0 Å². The maximum atomic E-state index is 14.9. The molecular weight excluding hydrogens is 617 g/mol. The average molecular weight is 661 g/mol. The first-order chi connectivity index (χ1) is 22.1. The van der Waals surface area contributed by atoms with Gasteiger partial charge in [-0.15, -0.1) is 0 Å². The Morgan fingerprint density at radius 2 is 1.13 bits per heavy atom. The lowest BCUT2D eigenvalue weighted by atomic mass is 9.75. The minimum absolute atomic E-state index is 0.103. The molecule has 3 aromatic carbocycles. The lowest BCUT2D eigenvalue weighted by Crippen LogP contribution is -2.25. The summed E-state index contributed by atoms with van der Waals surface area (Å²) in [5, 5.41) is 1.63. The molecule has 10 unspecified atom stereocenters. The zero-order chi connectivity index (χ0) is 31.4. The number of benzene rings is 3. The van der Waals surface area contributed by atoms with Crippen molar-refractivity contribution in [1.29, 1.82) is 0 Å². The maximum absolute atomic E-state index is 14.9. The van der Waals surface area contributed by atoms with Gasteiger partial charge in [0.2, 0.25) is 5.44 Å². The van der Waals surface area contributed by atoms with E-state index in [1.165, 1.54) is 44.1 Å². The molecule has 1 N–H and O–H groups in total. The molecule has 0 radical (unpaired) electrons. The highest BCUT2D eigenvalue weighted by Gasteiger charge is 2.48. The summed E-state index contributed by atoms with van der Waals surface area (Å²) in [5.41, 5.74) is 1.11. The van der Waals surface area contributed by atoms with Crippen LogP contribution in [0.15, 0.2) is 59.5 Å². The monoisotopic (exact) mass is 660 g/mol. The second-order valence-electron chi connectivity index (χ2n) is 15.9. The quantitative estimate of drug-likeness (QED) is 0.192. The third-order valence-electron chi connectivity index (χ3n) is 13.4. The predicted octanol–water partition coefficient (Wildman–Crippen LogP) is 8.84. The van der Waals surface area contributed by atoms with Crippen molar-refractivity contribution in [3.8, 4) is 0 Å². The highest BCUT2D eigenvalue weighted by Crippen LogP contribution is 2.60. The van der Waals surface area contributed by atoms with Crippen LogP contribution in [0.1, 0.15) is 122 Å². The summed E-state index contributed by atoms with van der Waals surface area (Å²) in [4.78, 5) is 0.226. The van der Waals surface area contributed by atoms with Crippen molar-refractivity contribution in [1.82, 2.24) is 0 Å². The Bertz CT molecular complexity index is 1870. The van der Waals surface area contributed by atoms with Gasteiger partial charge in [-0.2, -0.15) is 16.8 Å². The molecule has 0 heterocycles. The molecule has 0 amide bonds. The summed E-state index contributed by atoms with van der Waals surface area (Å²) in [6, 6.07) is 16.8. The van der Waals surface area contributed by atoms with E-state index in [0.717, 1.165) is 66.3 Å². The molecule has 6 saturated carbocycles. The molecule has 6 aliphatic rings. The lowest BCUT2D eigenvalue weighted by Gasteiger charge is -2.32. The first-order valence-electron chi connectivity index (χ1n) is 17.7. The van der Waals surface area contributed by atoms with Gasteiger partial charge in [-0.25, -0.2) is 4.18 Å². The van der Waals surface area contributed by atoms with Crippen molar-refractivity contribution in [3.05, 3.63) is 76.9 Å². The molecule has 10 atom stereocenters. The largest absolute Gasteiger partial charge is 0.299 e. The third-order valence-corrected chi connectivity index (χ3v) is 15.8. The van der Waals surface area contributed by atoms with Gasteiger partial charge in [-0.1, -0.05) is 67.8 Å². The Kier molecular flexibility index (Phi) is 7.06. The van der Waals surface area contributed by atoms with E-state index in [1.54, 1.807) is 18.2 Å². The van der Waals surface area contributed by atoms with Crippen molar-refractivity contribution in [2.75, 3.05) is 0 Å². The molecule has 6 fully saturated rings. The zero-order valence-electron chi connectivity index (χ0n) is 26.3.